The molecule has 0 spiro atoms. The van der Waals surface area contributed by atoms with Gasteiger partial charge in [-0.2, -0.15) is 0 Å². The van der Waals surface area contributed by atoms with E-state index in [9.17, 15) is 24.3 Å². The summed E-state index contributed by atoms with van der Waals surface area (Å²) in [7, 11) is 0. The zero-order chi connectivity index (χ0) is 7.89. The Bertz CT molecular complexity index is 225. The van der Waals surface area contributed by atoms with Gasteiger partial charge >= 0.3 is 0 Å². The van der Waals surface area contributed by atoms with Crippen molar-refractivity contribution in [2.24, 2.45) is 0 Å². The topological polar surface area (TPSA) is 91.3 Å². The number of carbonyl (C=O) groups is 4. The van der Waals surface area contributed by atoms with E-state index in [-0.39, 0.29) is 0 Å². The number of hydrogen-bond donors (Lipinski definition) is 0. The molecule has 52 valence electrons. The van der Waals surface area contributed by atoms with E-state index in [1.54, 1.807) is 0 Å². The van der Waals surface area contributed by atoms with Crippen LogP contribution in [-0.4, -0.2) is 29.2 Å². The number of ketones is 4. The van der Waals surface area contributed by atoms with Crippen molar-refractivity contribution in [1.29, 1.82) is 0 Å². The van der Waals surface area contributed by atoms with Crippen LogP contribution in [0.1, 0.15) is 0 Å². The van der Waals surface area contributed by atoms with Crippen molar-refractivity contribution in [2.75, 3.05) is 0 Å². The van der Waals surface area contributed by atoms with Crippen molar-refractivity contribution in [3.05, 3.63) is 0 Å². The Balaban J connectivity index is 3.12. The van der Waals surface area contributed by atoms with E-state index in [0.717, 1.165) is 0 Å². The Kier molecular flexibility index (Phi) is 1.22. The minimum absolute atomic E-state index is 1.44. The molecule has 0 heterocycles. The Morgan fingerprint density at radius 3 is 1.30 bits per heavy atom. The summed E-state index contributed by atoms with van der Waals surface area (Å²) in [5, 5.41) is 10.3. The second-order valence-corrected chi connectivity index (χ2v) is 1.77. The van der Waals surface area contributed by atoms with Crippen molar-refractivity contribution in [3.8, 4) is 0 Å². The van der Waals surface area contributed by atoms with E-state index in [2.05, 4.69) is 0 Å². The maximum Gasteiger partial charge on any atom is 0.271 e. The third kappa shape index (κ3) is 0.608. The molecular formula is C5HO5-. The van der Waals surface area contributed by atoms with Crippen LogP contribution in [0.25, 0.3) is 0 Å². The quantitative estimate of drug-likeness (QED) is 0.265. The van der Waals surface area contributed by atoms with Gasteiger partial charge in [0.2, 0.25) is 11.6 Å². The molecule has 1 fully saturated rings. The van der Waals surface area contributed by atoms with Crippen LogP contribution >= 0.6 is 0 Å². The Hall–Kier alpha value is -1.36. The third-order valence-electron chi connectivity index (χ3n) is 1.13. The fourth-order valence-corrected chi connectivity index (χ4v) is 0.581. The molecule has 0 bridgehead atoms. The summed E-state index contributed by atoms with van der Waals surface area (Å²) in [5.74, 6) is -5.83. The van der Waals surface area contributed by atoms with Gasteiger partial charge in [-0.1, -0.05) is 0 Å². The van der Waals surface area contributed by atoms with Crippen LogP contribution in [-0.2, 0) is 19.2 Å². The minimum atomic E-state index is -2.29. The van der Waals surface area contributed by atoms with E-state index in [1.807, 2.05) is 0 Å². The Morgan fingerprint density at radius 2 is 1.20 bits per heavy atom. The van der Waals surface area contributed by atoms with Gasteiger partial charge in [0, 0.05) is 6.10 Å². The van der Waals surface area contributed by atoms with Crippen LogP contribution in [0, 0.1) is 0 Å². The van der Waals surface area contributed by atoms with Gasteiger partial charge in [-0.3, -0.25) is 19.2 Å². The van der Waals surface area contributed by atoms with Gasteiger partial charge in [0.25, 0.3) is 11.6 Å². The smallest absolute Gasteiger partial charge is 0.271 e. The SMILES string of the molecule is O=C1C(=O)C(=O)C([O-])C1=O. The molecule has 0 unspecified atom stereocenters. The van der Waals surface area contributed by atoms with Crippen molar-refractivity contribution < 1.29 is 24.3 Å². The Morgan fingerprint density at radius 1 is 0.900 bits per heavy atom. The van der Waals surface area contributed by atoms with Crippen molar-refractivity contribution >= 4 is 23.1 Å². The molecule has 5 heteroatoms. The molecule has 10 heavy (non-hydrogen) atoms. The maximum atomic E-state index is 10.3. The number of rotatable bonds is 0. The van der Waals surface area contributed by atoms with Crippen LogP contribution in [0.3, 0.4) is 0 Å². The average molecular weight is 141 g/mol. The lowest BCUT2D eigenvalue weighted by Crippen LogP contribution is -2.37. The first-order valence-corrected chi connectivity index (χ1v) is 2.38. The molecule has 0 aromatic heterocycles. The van der Waals surface area contributed by atoms with Gasteiger partial charge in [0.15, 0.2) is 0 Å². The van der Waals surface area contributed by atoms with E-state index in [1.165, 1.54) is 0 Å². The van der Waals surface area contributed by atoms with Crippen molar-refractivity contribution in [3.63, 3.8) is 0 Å². The molecule has 0 radical (unpaired) electrons. The van der Waals surface area contributed by atoms with Gasteiger partial charge in [-0.05, 0) is 0 Å². The van der Waals surface area contributed by atoms with E-state index in [0.29, 0.717) is 0 Å². The highest BCUT2D eigenvalue weighted by Crippen LogP contribution is 1.99. The first kappa shape index (κ1) is 6.76. The fourth-order valence-electron chi connectivity index (χ4n) is 0.581. The summed E-state index contributed by atoms with van der Waals surface area (Å²) in [6.45, 7) is 0. The lowest BCUT2D eigenvalue weighted by atomic mass is 10.3. The van der Waals surface area contributed by atoms with Crippen molar-refractivity contribution in [2.45, 2.75) is 6.10 Å². The molecule has 0 aliphatic heterocycles. The van der Waals surface area contributed by atoms with Gasteiger partial charge in [-0.15, -0.1) is 0 Å². The van der Waals surface area contributed by atoms with Gasteiger partial charge < -0.3 is 5.11 Å². The summed E-state index contributed by atoms with van der Waals surface area (Å²) in [5.41, 5.74) is 0. The lowest BCUT2D eigenvalue weighted by Gasteiger charge is -2.04. The fraction of sp³-hybridized carbons (Fsp3) is 0.200. The summed E-state index contributed by atoms with van der Waals surface area (Å²) in [6.07, 6.45) is -2.29. The highest BCUT2D eigenvalue weighted by molar-refractivity contribution is 6.86. The first-order valence-electron chi connectivity index (χ1n) is 2.38. The summed E-state index contributed by atoms with van der Waals surface area (Å²) in [4.78, 5) is 40.9. The van der Waals surface area contributed by atoms with Crippen LogP contribution < -0.4 is 5.11 Å². The molecule has 0 amide bonds. The van der Waals surface area contributed by atoms with E-state index in [4.69, 9.17) is 0 Å². The highest BCUT2D eigenvalue weighted by atomic mass is 16.3. The number of Topliss-reactive ketones (excluding diaryl/α,β-unsaturated/α-hetero) is 4. The molecule has 0 aromatic carbocycles. The largest absolute Gasteiger partial charge is 0.840 e. The zero-order valence-electron chi connectivity index (χ0n) is 4.62. The summed E-state index contributed by atoms with van der Waals surface area (Å²) < 4.78 is 0. The second kappa shape index (κ2) is 1.81. The number of carbonyl (C=O) groups excluding carboxylic acids is 4. The molecule has 0 aromatic rings. The monoisotopic (exact) mass is 141 g/mol. The van der Waals surface area contributed by atoms with Gasteiger partial charge in [0.1, 0.15) is 0 Å². The van der Waals surface area contributed by atoms with Gasteiger partial charge in [-0.25, -0.2) is 0 Å². The predicted octanol–water partition coefficient (Wildman–Crippen LogP) is -2.99. The molecule has 0 N–H and O–H groups in total. The first-order chi connectivity index (χ1) is 4.55. The van der Waals surface area contributed by atoms with Crippen LogP contribution in [0.5, 0.6) is 0 Å². The number of hydrogen-bond acceptors (Lipinski definition) is 5. The lowest BCUT2D eigenvalue weighted by molar-refractivity contribution is -0.384. The third-order valence-corrected chi connectivity index (χ3v) is 1.13. The van der Waals surface area contributed by atoms with Crippen LogP contribution in [0.2, 0.25) is 0 Å². The highest BCUT2D eigenvalue weighted by Gasteiger charge is 2.41. The molecule has 0 atom stereocenters. The minimum Gasteiger partial charge on any atom is -0.840 e. The van der Waals surface area contributed by atoms with E-state index < -0.39 is 29.2 Å². The standard InChI is InChI=1S/C5HO5/c6-1-2(7)4(9)5(10)3(1)8/h1H/q-1. The maximum absolute atomic E-state index is 10.3. The van der Waals surface area contributed by atoms with E-state index >= 15 is 0 Å². The molecule has 1 aliphatic rings. The molecule has 1 rings (SSSR count). The zero-order valence-corrected chi connectivity index (χ0v) is 4.62. The van der Waals surface area contributed by atoms with Gasteiger partial charge in [0.05, 0.1) is 0 Å². The molecule has 5 nitrogen and oxygen atoms in total. The summed E-state index contributed by atoms with van der Waals surface area (Å²) in [6, 6.07) is 0. The molecular weight excluding hydrogens is 140 g/mol. The summed E-state index contributed by atoms with van der Waals surface area (Å²) >= 11 is 0. The normalized spacial score (nSPS) is 20.9. The predicted molar refractivity (Wildman–Crippen MR) is 23.8 cm³/mol. The Labute approximate surface area is 54.6 Å². The molecule has 1 saturated carbocycles. The molecule has 1 aliphatic carbocycles. The van der Waals surface area contributed by atoms with Crippen LogP contribution in [0.15, 0.2) is 0 Å². The van der Waals surface area contributed by atoms with Crippen molar-refractivity contribution in [1.82, 2.24) is 0 Å². The average Bonchev–Trinajstić information content (AvgIpc) is 2.07. The second-order valence-electron chi connectivity index (χ2n) is 1.77. The van der Waals surface area contributed by atoms with Crippen LogP contribution in [0.4, 0.5) is 0 Å². The molecule has 0 saturated heterocycles.